The van der Waals surface area contributed by atoms with Crippen molar-refractivity contribution in [2.24, 2.45) is 0 Å². The molecular weight excluding hydrogens is 252 g/mol. The van der Waals surface area contributed by atoms with E-state index < -0.39 is 12.1 Å². The summed E-state index contributed by atoms with van der Waals surface area (Å²) in [6, 6.07) is 4.85. The van der Waals surface area contributed by atoms with Crippen molar-refractivity contribution in [3.8, 4) is 0 Å². The third kappa shape index (κ3) is 2.85. The fourth-order valence-corrected chi connectivity index (χ4v) is 2.20. The number of carboxylic acids is 1. The van der Waals surface area contributed by atoms with E-state index in [1.807, 2.05) is 16.8 Å². The number of nitrogens with zero attached hydrogens (tertiary/aromatic N) is 1. The lowest BCUT2D eigenvalue weighted by Gasteiger charge is -2.12. The van der Waals surface area contributed by atoms with Crippen molar-refractivity contribution < 1.29 is 15.0 Å². The number of thiophene rings is 1. The number of rotatable bonds is 5. The van der Waals surface area contributed by atoms with E-state index in [2.05, 4.69) is 10.3 Å². The highest BCUT2D eigenvalue weighted by Crippen LogP contribution is 2.18. The summed E-state index contributed by atoms with van der Waals surface area (Å²) in [4.78, 5) is 14.9. The van der Waals surface area contributed by atoms with Crippen LogP contribution in [0.4, 0.5) is 5.82 Å². The zero-order valence-corrected chi connectivity index (χ0v) is 10.2. The van der Waals surface area contributed by atoms with Crippen LogP contribution >= 0.6 is 11.3 Å². The topological polar surface area (TPSA) is 82.5 Å². The van der Waals surface area contributed by atoms with Crippen LogP contribution in [-0.2, 0) is 0 Å². The van der Waals surface area contributed by atoms with Crippen molar-refractivity contribution in [3.05, 3.63) is 46.3 Å². The van der Waals surface area contributed by atoms with E-state index in [0.29, 0.717) is 0 Å². The Hall–Kier alpha value is -1.92. The molecule has 2 heterocycles. The number of aromatic nitrogens is 1. The summed E-state index contributed by atoms with van der Waals surface area (Å²) >= 11 is 1.50. The van der Waals surface area contributed by atoms with Crippen LogP contribution in [0, 0.1) is 0 Å². The molecule has 1 unspecified atom stereocenters. The van der Waals surface area contributed by atoms with E-state index in [-0.39, 0.29) is 17.9 Å². The number of carboxylic acid groups (broad SMARTS) is 1. The summed E-state index contributed by atoms with van der Waals surface area (Å²) in [6.07, 6.45) is 0.825. The normalized spacial score (nSPS) is 12.1. The van der Waals surface area contributed by atoms with Crippen LogP contribution in [0.15, 0.2) is 35.2 Å². The number of aliphatic hydroxyl groups is 1. The van der Waals surface area contributed by atoms with Crippen LogP contribution in [0.2, 0.25) is 0 Å². The Kier molecular flexibility index (Phi) is 3.91. The largest absolute Gasteiger partial charge is 0.478 e. The molecule has 0 aromatic carbocycles. The van der Waals surface area contributed by atoms with Crippen molar-refractivity contribution in [3.63, 3.8) is 0 Å². The van der Waals surface area contributed by atoms with Gasteiger partial charge in [-0.3, -0.25) is 0 Å². The van der Waals surface area contributed by atoms with Gasteiger partial charge in [-0.25, -0.2) is 9.78 Å². The average Bonchev–Trinajstić information content (AvgIpc) is 2.90. The Morgan fingerprint density at radius 3 is 3.00 bits per heavy atom. The molecular formula is C12H12N2O3S. The third-order valence-electron chi connectivity index (χ3n) is 2.43. The monoisotopic (exact) mass is 264 g/mol. The lowest BCUT2D eigenvalue weighted by molar-refractivity contribution is 0.0697. The van der Waals surface area contributed by atoms with Crippen LogP contribution in [0.3, 0.4) is 0 Å². The molecule has 0 aliphatic heterocycles. The molecule has 2 aromatic heterocycles. The highest BCUT2D eigenvalue weighted by molar-refractivity contribution is 7.07. The smallest absolute Gasteiger partial charge is 0.339 e. The zero-order chi connectivity index (χ0) is 13.0. The molecule has 0 amide bonds. The van der Waals surface area contributed by atoms with E-state index in [1.54, 1.807) is 6.07 Å². The molecule has 0 spiro atoms. The molecule has 94 valence electrons. The molecule has 18 heavy (non-hydrogen) atoms. The molecule has 0 saturated heterocycles. The van der Waals surface area contributed by atoms with Gasteiger partial charge in [-0.05, 0) is 34.5 Å². The first-order chi connectivity index (χ1) is 8.68. The summed E-state index contributed by atoms with van der Waals surface area (Å²) in [7, 11) is 0. The number of anilines is 1. The molecule has 5 nitrogen and oxygen atoms in total. The van der Waals surface area contributed by atoms with Crippen LogP contribution < -0.4 is 5.32 Å². The average molecular weight is 264 g/mol. The molecule has 0 bridgehead atoms. The Labute approximate surface area is 108 Å². The fourth-order valence-electron chi connectivity index (χ4n) is 1.49. The van der Waals surface area contributed by atoms with Crippen molar-refractivity contribution in [1.82, 2.24) is 4.98 Å². The van der Waals surface area contributed by atoms with Gasteiger partial charge in [-0.1, -0.05) is 0 Å². The zero-order valence-electron chi connectivity index (χ0n) is 9.41. The van der Waals surface area contributed by atoms with Crippen molar-refractivity contribution in [1.29, 1.82) is 0 Å². The van der Waals surface area contributed by atoms with Gasteiger partial charge in [0.05, 0.1) is 6.10 Å². The van der Waals surface area contributed by atoms with Gasteiger partial charge in [-0.2, -0.15) is 11.3 Å². The fraction of sp³-hybridized carbons (Fsp3) is 0.167. The van der Waals surface area contributed by atoms with Gasteiger partial charge < -0.3 is 15.5 Å². The number of carbonyl (C=O) groups is 1. The van der Waals surface area contributed by atoms with Gasteiger partial charge >= 0.3 is 5.97 Å². The number of hydrogen-bond acceptors (Lipinski definition) is 5. The first kappa shape index (κ1) is 12.5. The minimum absolute atomic E-state index is 0.0926. The second-order valence-electron chi connectivity index (χ2n) is 3.66. The minimum atomic E-state index is -1.05. The molecule has 0 fully saturated rings. The van der Waals surface area contributed by atoms with Crippen LogP contribution in [0.5, 0.6) is 0 Å². The van der Waals surface area contributed by atoms with Crippen molar-refractivity contribution >= 4 is 23.1 Å². The van der Waals surface area contributed by atoms with E-state index >= 15 is 0 Å². The number of aliphatic hydroxyl groups excluding tert-OH is 1. The molecule has 2 aromatic rings. The first-order valence-corrected chi connectivity index (χ1v) is 6.25. The molecule has 0 saturated carbocycles. The van der Waals surface area contributed by atoms with Crippen LogP contribution in [-0.4, -0.2) is 27.7 Å². The van der Waals surface area contributed by atoms with Gasteiger partial charge in [0, 0.05) is 12.7 Å². The lowest BCUT2D eigenvalue weighted by Crippen LogP contribution is -2.15. The maximum absolute atomic E-state index is 11.0. The van der Waals surface area contributed by atoms with E-state index in [0.717, 1.165) is 5.56 Å². The second kappa shape index (κ2) is 5.61. The predicted octanol–water partition coefficient (Wildman–Crippen LogP) is 1.99. The van der Waals surface area contributed by atoms with Crippen LogP contribution in [0.1, 0.15) is 22.0 Å². The van der Waals surface area contributed by atoms with Crippen molar-refractivity contribution in [2.45, 2.75) is 6.10 Å². The summed E-state index contributed by atoms with van der Waals surface area (Å²) in [5.41, 5.74) is 0.898. The van der Waals surface area contributed by atoms with Crippen molar-refractivity contribution in [2.75, 3.05) is 11.9 Å². The SMILES string of the molecule is O=C(O)c1cccnc1NCC(O)c1ccsc1. The summed E-state index contributed by atoms with van der Waals surface area (Å²) in [5, 5.41) is 25.4. The molecule has 6 heteroatoms. The summed E-state index contributed by atoms with van der Waals surface area (Å²) in [5.74, 6) is -0.782. The van der Waals surface area contributed by atoms with Gasteiger partial charge in [0.1, 0.15) is 11.4 Å². The Balaban J connectivity index is 2.04. The van der Waals surface area contributed by atoms with Gasteiger partial charge in [0.15, 0.2) is 0 Å². The molecule has 1 atom stereocenters. The lowest BCUT2D eigenvalue weighted by atomic mass is 10.2. The number of nitrogens with one attached hydrogen (secondary N) is 1. The second-order valence-corrected chi connectivity index (χ2v) is 4.44. The van der Waals surface area contributed by atoms with E-state index in [1.165, 1.54) is 23.6 Å². The van der Waals surface area contributed by atoms with Gasteiger partial charge in [0.2, 0.25) is 0 Å². The number of aromatic carboxylic acids is 1. The first-order valence-electron chi connectivity index (χ1n) is 5.31. The number of hydrogen-bond donors (Lipinski definition) is 3. The Bertz CT molecular complexity index is 528. The molecule has 0 aliphatic rings. The van der Waals surface area contributed by atoms with E-state index in [4.69, 9.17) is 5.11 Å². The molecule has 2 rings (SSSR count). The van der Waals surface area contributed by atoms with Gasteiger partial charge in [0.25, 0.3) is 0 Å². The molecule has 3 N–H and O–H groups in total. The quantitative estimate of drug-likeness (QED) is 0.769. The van der Waals surface area contributed by atoms with Gasteiger partial charge in [-0.15, -0.1) is 0 Å². The summed E-state index contributed by atoms with van der Waals surface area (Å²) in [6.45, 7) is 0.216. The maximum Gasteiger partial charge on any atom is 0.339 e. The highest BCUT2D eigenvalue weighted by Gasteiger charge is 2.12. The Morgan fingerprint density at radius 1 is 1.50 bits per heavy atom. The van der Waals surface area contributed by atoms with E-state index in [9.17, 15) is 9.90 Å². The summed E-state index contributed by atoms with van der Waals surface area (Å²) < 4.78 is 0. The maximum atomic E-state index is 11.0. The molecule has 0 radical (unpaired) electrons. The van der Waals surface area contributed by atoms with Crippen LogP contribution in [0.25, 0.3) is 0 Å². The minimum Gasteiger partial charge on any atom is -0.478 e. The Morgan fingerprint density at radius 2 is 2.33 bits per heavy atom. The molecule has 0 aliphatic carbocycles. The standard InChI is InChI=1S/C12H12N2O3S/c15-10(8-3-5-18-7-8)6-14-11-9(12(16)17)2-1-4-13-11/h1-5,7,10,15H,6H2,(H,13,14)(H,16,17). The third-order valence-corrected chi connectivity index (χ3v) is 3.13. The predicted molar refractivity (Wildman–Crippen MR) is 69.0 cm³/mol. The highest BCUT2D eigenvalue weighted by atomic mass is 32.1. The number of pyridine rings is 1.